The van der Waals surface area contributed by atoms with Crippen LogP contribution >= 0.6 is 11.6 Å². The molecule has 0 fully saturated rings. The minimum absolute atomic E-state index is 0.129. The Morgan fingerprint density at radius 1 is 1.14 bits per heavy atom. The number of aromatic nitrogens is 4. The number of amides is 1. The van der Waals surface area contributed by atoms with Gasteiger partial charge in [0.15, 0.2) is 5.65 Å². The Balaban J connectivity index is 1.54. The van der Waals surface area contributed by atoms with Crippen LogP contribution in [0.25, 0.3) is 16.7 Å². The zero-order valence-corrected chi connectivity index (χ0v) is 16.4. The molecule has 7 nitrogen and oxygen atoms in total. The predicted octanol–water partition coefficient (Wildman–Crippen LogP) is 3.11. The number of hydrogen-bond donors (Lipinski definition) is 1. The molecule has 0 saturated heterocycles. The molecule has 29 heavy (non-hydrogen) atoms. The van der Waals surface area contributed by atoms with Gasteiger partial charge in [-0.2, -0.15) is 5.10 Å². The summed E-state index contributed by atoms with van der Waals surface area (Å²) in [6.45, 7) is 1.74. The van der Waals surface area contributed by atoms with Crippen molar-refractivity contribution >= 4 is 28.5 Å². The molecule has 0 unspecified atom stereocenters. The summed E-state index contributed by atoms with van der Waals surface area (Å²) in [7, 11) is 0. The van der Waals surface area contributed by atoms with Crippen molar-refractivity contribution in [1.29, 1.82) is 0 Å². The lowest BCUT2D eigenvalue weighted by Crippen LogP contribution is -2.33. The van der Waals surface area contributed by atoms with Gasteiger partial charge in [0.05, 0.1) is 17.9 Å². The molecule has 0 saturated carbocycles. The summed E-state index contributed by atoms with van der Waals surface area (Å²) in [6, 6.07) is 16.5. The molecule has 2 heterocycles. The van der Waals surface area contributed by atoms with Gasteiger partial charge in [0.2, 0.25) is 5.91 Å². The number of nitrogens with zero attached hydrogens (tertiary/aromatic N) is 4. The molecule has 8 heteroatoms. The first kappa shape index (κ1) is 18.9. The number of para-hydroxylation sites is 1. The molecule has 0 radical (unpaired) electrons. The van der Waals surface area contributed by atoms with Crippen LogP contribution in [0, 0.1) is 0 Å². The van der Waals surface area contributed by atoms with Crippen LogP contribution in [0.5, 0.6) is 0 Å². The Labute approximate surface area is 171 Å². The van der Waals surface area contributed by atoms with Gasteiger partial charge in [0, 0.05) is 5.02 Å². The van der Waals surface area contributed by atoms with Crippen LogP contribution in [-0.2, 0) is 11.3 Å². The van der Waals surface area contributed by atoms with E-state index in [-0.39, 0.29) is 24.1 Å². The summed E-state index contributed by atoms with van der Waals surface area (Å²) in [6.07, 6.45) is 2.85. The molecule has 1 atom stereocenters. The second-order valence-corrected chi connectivity index (χ2v) is 7.08. The van der Waals surface area contributed by atoms with Gasteiger partial charge in [-0.15, -0.1) is 0 Å². The number of fused-ring (bicyclic) bond motifs is 1. The lowest BCUT2D eigenvalue weighted by atomic mass is 10.1. The Bertz CT molecular complexity index is 1220. The quantitative estimate of drug-likeness (QED) is 0.551. The monoisotopic (exact) mass is 407 g/mol. The highest BCUT2D eigenvalue weighted by molar-refractivity contribution is 6.30. The predicted molar refractivity (Wildman–Crippen MR) is 111 cm³/mol. The van der Waals surface area contributed by atoms with Crippen molar-refractivity contribution in [3.8, 4) is 5.69 Å². The van der Waals surface area contributed by atoms with Crippen molar-refractivity contribution < 1.29 is 4.79 Å². The molecule has 2 aromatic carbocycles. The zero-order chi connectivity index (χ0) is 20.4. The van der Waals surface area contributed by atoms with Crippen molar-refractivity contribution in [3.05, 3.63) is 88.1 Å². The van der Waals surface area contributed by atoms with Crippen LogP contribution in [0.1, 0.15) is 18.5 Å². The molecule has 0 aliphatic rings. The standard InChI is InChI=1S/C21H18ClN5O2/c1-14(15-7-9-16(22)10-8-15)25-19(28)12-26-13-23-20-18(21(26)29)11-24-27(20)17-5-3-2-4-6-17/h2-11,13-14H,12H2,1H3,(H,25,28)/t14-/m0/s1. The molecular formula is C21H18ClN5O2. The fourth-order valence-corrected chi connectivity index (χ4v) is 3.22. The summed E-state index contributed by atoms with van der Waals surface area (Å²) in [5, 5.41) is 8.14. The first-order valence-electron chi connectivity index (χ1n) is 9.06. The third kappa shape index (κ3) is 3.90. The van der Waals surface area contributed by atoms with Gasteiger partial charge in [-0.25, -0.2) is 9.67 Å². The molecule has 1 amide bonds. The summed E-state index contributed by atoms with van der Waals surface area (Å²) in [5.41, 5.74) is 1.87. The molecule has 4 aromatic rings. The molecule has 0 bridgehead atoms. The average molecular weight is 408 g/mol. The summed E-state index contributed by atoms with van der Waals surface area (Å²) in [4.78, 5) is 29.6. The van der Waals surface area contributed by atoms with Crippen molar-refractivity contribution in [2.45, 2.75) is 19.5 Å². The highest BCUT2D eigenvalue weighted by atomic mass is 35.5. The molecule has 2 aromatic heterocycles. The van der Waals surface area contributed by atoms with E-state index in [1.165, 1.54) is 17.1 Å². The number of rotatable bonds is 5. The number of hydrogen-bond acceptors (Lipinski definition) is 4. The van der Waals surface area contributed by atoms with E-state index >= 15 is 0 Å². The largest absolute Gasteiger partial charge is 0.348 e. The van der Waals surface area contributed by atoms with Crippen LogP contribution in [0.2, 0.25) is 5.02 Å². The topological polar surface area (TPSA) is 81.8 Å². The van der Waals surface area contributed by atoms with Gasteiger partial charge in [-0.3, -0.25) is 14.2 Å². The molecule has 4 rings (SSSR count). The minimum Gasteiger partial charge on any atom is -0.348 e. The molecular weight excluding hydrogens is 390 g/mol. The van der Waals surface area contributed by atoms with E-state index in [0.29, 0.717) is 16.1 Å². The second kappa shape index (κ2) is 7.89. The lowest BCUT2D eigenvalue weighted by Gasteiger charge is -2.15. The normalized spacial score (nSPS) is 12.1. The van der Waals surface area contributed by atoms with Gasteiger partial charge in [-0.05, 0) is 36.8 Å². The van der Waals surface area contributed by atoms with Gasteiger partial charge in [0.25, 0.3) is 5.56 Å². The molecule has 146 valence electrons. The minimum atomic E-state index is -0.313. The number of halogens is 1. The van der Waals surface area contributed by atoms with E-state index in [1.807, 2.05) is 49.4 Å². The molecule has 1 N–H and O–H groups in total. The number of benzene rings is 2. The van der Waals surface area contributed by atoms with E-state index in [0.717, 1.165) is 11.3 Å². The maximum absolute atomic E-state index is 12.8. The molecule has 0 aliphatic heterocycles. The maximum atomic E-state index is 12.8. The third-order valence-corrected chi connectivity index (χ3v) is 4.87. The smallest absolute Gasteiger partial charge is 0.264 e. The Kier molecular flexibility index (Phi) is 5.14. The second-order valence-electron chi connectivity index (χ2n) is 6.65. The summed E-state index contributed by atoms with van der Waals surface area (Å²) >= 11 is 5.90. The van der Waals surface area contributed by atoms with E-state index in [4.69, 9.17) is 11.6 Å². The van der Waals surface area contributed by atoms with Crippen LogP contribution < -0.4 is 10.9 Å². The van der Waals surface area contributed by atoms with Gasteiger partial charge < -0.3 is 5.32 Å². The maximum Gasteiger partial charge on any atom is 0.264 e. The van der Waals surface area contributed by atoms with Gasteiger partial charge in [-0.1, -0.05) is 41.9 Å². The Morgan fingerprint density at radius 3 is 2.59 bits per heavy atom. The highest BCUT2D eigenvalue weighted by Crippen LogP contribution is 2.16. The fourth-order valence-electron chi connectivity index (χ4n) is 3.10. The van der Waals surface area contributed by atoms with Gasteiger partial charge in [0.1, 0.15) is 18.3 Å². The van der Waals surface area contributed by atoms with Crippen molar-refractivity contribution in [2.24, 2.45) is 0 Å². The summed E-state index contributed by atoms with van der Waals surface area (Å²) in [5.74, 6) is -0.286. The van der Waals surface area contributed by atoms with Crippen molar-refractivity contribution in [1.82, 2.24) is 24.6 Å². The van der Waals surface area contributed by atoms with Crippen LogP contribution in [0.15, 0.2) is 71.9 Å². The van der Waals surface area contributed by atoms with E-state index < -0.39 is 0 Å². The van der Waals surface area contributed by atoms with Gasteiger partial charge >= 0.3 is 0 Å². The van der Waals surface area contributed by atoms with E-state index in [2.05, 4.69) is 15.4 Å². The molecule has 0 aliphatic carbocycles. The number of carbonyl (C=O) groups is 1. The summed E-state index contributed by atoms with van der Waals surface area (Å²) < 4.78 is 2.88. The number of nitrogens with one attached hydrogen (secondary N) is 1. The fraction of sp³-hybridized carbons (Fsp3) is 0.143. The van der Waals surface area contributed by atoms with Crippen LogP contribution in [0.4, 0.5) is 0 Å². The third-order valence-electron chi connectivity index (χ3n) is 4.62. The van der Waals surface area contributed by atoms with Crippen LogP contribution in [0.3, 0.4) is 0 Å². The average Bonchev–Trinajstić information content (AvgIpc) is 3.16. The Hall–Kier alpha value is -3.45. The molecule has 0 spiro atoms. The first-order valence-corrected chi connectivity index (χ1v) is 9.44. The van der Waals surface area contributed by atoms with Crippen molar-refractivity contribution in [3.63, 3.8) is 0 Å². The van der Waals surface area contributed by atoms with Crippen molar-refractivity contribution in [2.75, 3.05) is 0 Å². The zero-order valence-electron chi connectivity index (χ0n) is 15.6. The highest BCUT2D eigenvalue weighted by Gasteiger charge is 2.14. The SMILES string of the molecule is C[C@H](NC(=O)Cn1cnc2c(cnn2-c2ccccc2)c1=O)c1ccc(Cl)cc1. The van der Waals surface area contributed by atoms with Crippen LogP contribution in [-0.4, -0.2) is 25.2 Å². The van der Waals surface area contributed by atoms with E-state index in [1.54, 1.807) is 16.8 Å². The lowest BCUT2D eigenvalue weighted by molar-refractivity contribution is -0.122. The number of carbonyl (C=O) groups excluding carboxylic acids is 1. The Morgan fingerprint density at radius 2 is 1.86 bits per heavy atom. The van der Waals surface area contributed by atoms with E-state index in [9.17, 15) is 9.59 Å². The first-order chi connectivity index (χ1) is 14.0.